The Morgan fingerprint density at radius 3 is 2.72 bits per heavy atom. The molecule has 18 heavy (non-hydrogen) atoms. The van der Waals surface area contributed by atoms with Crippen LogP contribution in [0, 0.1) is 0 Å². The fourth-order valence-corrected chi connectivity index (χ4v) is 2.71. The van der Waals surface area contributed by atoms with Crippen molar-refractivity contribution in [3.8, 4) is 0 Å². The van der Waals surface area contributed by atoms with Gasteiger partial charge in [0, 0.05) is 21.6 Å². The average molecular weight is 289 g/mol. The Morgan fingerprint density at radius 2 is 2.11 bits per heavy atom. The summed E-state index contributed by atoms with van der Waals surface area (Å²) in [5.74, 6) is 0.620. The molecule has 0 radical (unpaired) electrons. The Kier molecular flexibility index (Phi) is 7.20. The van der Waals surface area contributed by atoms with E-state index in [0.29, 0.717) is 17.4 Å². The highest BCUT2D eigenvalue weighted by Crippen LogP contribution is 2.11. The third-order valence-corrected chi connectivity index (χ3v) is 3.83. The van der Waals surface area contributed by atoms with Gasteiger partial charge in [-0.15, -0.1) is 6.58 Å². The molecule has 0 saturated carbocycles. The second-order valence-corrected chi connectivity index (χ2v) is 5.80. The van der Waals surface area contributed by atoms with Crippen molar-refractivity contribution in [1.82, 2.24) is 0 Å². The first-order chi connectivity index (χ1) is 8.61. The molecule has 0 unspecified atom stereocenters. The van der Waals surface area contributed by atoms with Crippen molar-refractivity contribution in [2.45, 2.75) is 11.9 Å². The van der Waals surface area contributed by atoms with Crippen molar-refractivity contribution < 1.29 is 14.1 Å². The molecule has 1 aromatic rings. The largest absolute Gasteiger partial charge is 0.390 e. The van der Waals surface area contributed by atoms with E-state index in [-0.39, 0.29) is 12.4 Å². The van der Waals surface area contributed by atoms with Crippen LogP contribution >= 0.6 is 11.6 Å². The maximum absolute atomic E-state index is 11.8. The lowest BCUT2D eigenvalue weighted by molar-refractivity contribution is 0.0620. The molecular weight excluding hydrogens is 272 g/mol. The Hall–Kier alpha value is -0.680. The molecule has 0 bridgehead atoms. The summed E-state index contributed by atoms with van der Waals surface area (Å²) in [6, 6.07) is 7.19. The van der Waals surface area contributed by atoms with Gasteiger partial charge in [-0.3, -0.25) is 4.21 Å². The van der Waals surface area contributed by atoms with Crippen LogP contribution in [0.3, 0.4) is 0 Å². The molecule has 0 spiro atoms. The minimum Gasteiger partial charge on any atom is -0.390 e. The second-order valence-electron chi connectivity index (χ2n) is 3.86. The summed E-state index contributed by atoms with van der Waals surface area (Å²) >= 11 is 5.76. The summed E-state index contributed by atoms with van der Waals surface area (Å²) < 4.78 is 16.9. The van der Waals surface area contributed by atoms with Gasteiger partial charge in [0.2, 0.25) is 0 Å². The van der Waals surface area contributed by atoms with Crippen LogP contribution in [0.2, 0.25) is 5.02 Å². The van der Waals surface area contributed by atoms with Crippen LogP contribution in [-0.2, 0) is 21.3 Å². The smallest absolute Gasteiger partial charge is 0.0888 e. The molecule has 1 rings (SSSR count). The summed E-state index contributed by atoms with van der Waals surface area (Å²) in [6.07, 6.45) is 0.898. The first kappa shape index (κ1) is 15.4. The number of halogens is 1. The molecule has 0 fully saturated rings. The molecule has 3 nitrogen and oxygen atoms in total. The van der Waals surface area contributed by atoms with Crippen LogP contribution in [0.5, 0.6) is 0 Å². The van der Waals surface area contributed by atoms with Crippen molar-refractivity contribution in [1.29, 1.82) is 0 Å². The standard InChI is InChI=1S/C13H17ClO3S/c1-2-7-17-8-13(15)10-18(16)9-11-3-5-12(14)6-4-11/h2-6,13,15H,1,7-10H2/t13-,18+/m1/s1. The summed E-state index contributed by atoms with van der Waals surface area (Å²) in [6.45, 7) is 4.07. The van der Waals surface area contributed by atoms with Gasteiger partial charge in [0.15, 0.2) is 0 Å². The average Bonchev–Trinajstić information content (AvgIpc) is 2.32. The summed E-state index contributed by atoms with van der Waals surface area (Å²) in [5.41, 5.74) is 0.942. The van der Waals surface area contributed by atoms with E-state index in [1.54, 1.807) is 18.2 Å². The number of rotatable bonds is 8. The fourth-order valence-electron chi connectivity index (χ4n) is 1.38. The van der Waals surface area contributed by atoms with Gasteiger partial charge in [-0.2, -0.15) is 0 Å². The molecular formula is C13H17ClO3S. The molecule has 5 heteroatoms. The Morgan fingerprint density at radius 1 is 1.44 bits per heavy atom. The van der Waals surface area contributed by atoms with Crippen molar-refractivity contribution in [3.05, 3.63) is 47.5 Å². The van der Waals surface area contributed by atoms with Crippen molar-refractivity contribution >= 4 is 22.4 Å². The highest BCUT2D eigenvalue weighted by Gasteiger charge is 2.10. The minimum absolute atomic E-state index is 0.179. The second kappa shape index (κ2) is 8.43. The molecule has 1 aromatic carbocycles. The van der Waals surface area contributed by atoms with Crippen LogP contribution in [-0.4, -0.2) is 34.4 Å². The van der Waals surface area contributed by atoms with Crippen LogP contribution < -0.4 is 0 Å². The Labute approximate surface area is 115 Å². The maximum Gasteiger partial charge on any atom is 0.0888 e. The Bertz CT molecular complexity index is 392. The van der Waals surface area contributed by atoms with E-state index in [9.17, 15) is 9.32 Å². The lowest BCUT2D eigenvalue weighted by atomic mass is 10.2. The molecule has 1 N–H and O–H groups in total. The predicted molar refractivity (Wildman–Crippen MR) is 75.2 cm³/mol. The highest BCUT2D eigenvalue weighted by atomic mass is 35.5. The molecule has 0 saturated heterocycles. The van der Waals surface area contributed by atoms with Gasteiger partial charge < -0.3 is 9.84 Å². The van der Waals surface area contributed by atoms with Crippen LogP contribution in [0.1, 0.15) is 5.56 Å². The van der Waals surface area contributed by atoms with Crippen molar-refractivity contribution in [2.75, 3.05) is 19.0 Å². The Balaban J connectivity index is 2.32. The molecule has 0 heterocycles. The zero-order valence-corrected chi connectivity index (χ0v) is 11.6. The van der Waals surface area contributed by atoms with E-state index in [4.69, 9.17) is 16.3 Å². The number of aliphatic hydroxyl groups is 1. The summed E-state index contributed by atoms with van der Waals surface area (Å²) in [5, 5.41) is 10.2. The monoisotopic (exact) mass is 288 g/mol. The number of ether oxygens (including phenoxy) is 1. The molecule has 0 amide bonds. The van der Waals surface area contributed by atoms with Gasteiger partial charge in [0.05, 0.1) is 25.1 Å². The predicted octanol–water partition coefficient (Wildman–Crippen LogP) is 2.15. The number of benzene rings is 1. The van der Waals surface area contributed by atoms with E-state index in [1.807, 2.05) is 12.1 Å². The van der Waals surface area contributed by atoms with Crippen molar-refractivity contribution in [2.24, 2.45) is 0 Å². The topological polar surface area (TPSA) is 46.5 Å². The first-order valence-electron chi connectivity index (χ1n) is 5.58. The molecule has 0 aliphatic carbocycles. The van der Waals surface area contributed by atoms with Gasteiger partial charge in [-0.05, 0) is 17.7 Å². The van der Waals surface area contributed by atoms with Gasteiger partial charge in [-0.1, -0.05) is 29.8 Å². The summed E-state index contributed by atoms with van der Waals surface area (Å²) in [4.78, 5) is 0. The first-order valence-corrected chi connectivity index (χ1v) is 7.44. The lowest BCUT2D eigenvalue weighted by Gasteiger charge is -2.10. The normalized spacial score (nSPS) is 14.1. The fraction of sp³-hybridized carbons (Fsp3) is 0.385. The molecule has 0 aromatic heterocycles. The third kappa shape index (κ3) is 6.31. The minimum atomic E-state index is -1.11. The molecule has 2 atom stereocenters. The van der Waals surface area contributed by atoms with Crippen LogP contribution in [0.4, 0.5) is 0 Å². The van der Waals surface area contributed by atoms with E-state index in [0.717, 1.165) is 5.56 Å². The lowest BCUT2D eigenvalue weighted by Crippen LogP contribution is -2.23. The van der Waals surface area contributed by atoms with E-state index in [1.165, 1.54) is 0 Å². The van der Waals surface area contributed by atoms with Gasteiger partial charge in [-0.25, -0.2) is 0 Å². The van der Waals surface area contributed by atoms with Gasteiger partial charge in [0.1, 0.15) is 0 Å². The zero-order chi connectivity index (χ0) is 13.4. The van der Waals surface area contributed by atoms with Gasteiger partial charge in [0.25, 0.3) is 0 Å². The number of hydrogen-bond acceptors (Lipinski definition) is 3. The number of aliphatic hydroxyl groups excluding tert-OH is 1. The van der Waals surface area contributed by atoms with Crippen LogP contribution in [0.25, 0.3) is 0 Å². The van der Waals surface area contributed by atoms with E-state index < -0.39 is 16.9 Å². The molecule has 0 aliphatic heterocycles. The van der Waals surface area contributed by atoms with E-state index in [2.05, 4.69) is 6.58 Å². The third-order valence-electron chi connectivity index (χ3n) is 2.17. The zero-order valence-electron chi connectivity index (χ0n) is 10.0. The van der Waals surface area contributed by atoms with Gasteiger partial charge >= 0.3 is 0 Å². The van der Waals surface area contributed by atoms with Crippen molar-refractivity contribution in [3.63, 3.8) is 0 Å². The van der Waals surface area contributed by atoms with E-state index >= 15 is 0 Å². The SMILES string of the molecule is C=CCOC[C@@H](O)C[S@@](=O)Cc1ccc(Cl)cc1. The van der Waals surface area contributed by atoms with Crippen LogP contribution in [0.15, 0.2) is 36.9 Å². The number of hydrogen-bond donors (Lipinski definition) is 1. The highest BCUT2D eigenvalue weighted by molar-refractivity contribution is 7.84. The molecule has 0 aliphatic rings. The molecule has 100 valence electrons. The quantitative estimate of drug-likeness (QED) is 0.589. The summed E-state index contributed by atoms with van der Waals surface area (Å²) in [7, 11) is -1.11. The maximum atomic E-state index is 11.8.